The van der Waals surface area contributed by atoms with Gasteiger partial charge >= 0.3 is 5.97 Å². The van der Waals surface area contributed by atoms with Crippen LogP contribution < -0.4 is 5.32 Å². The van der Waals surface area contributed by atoms with E-state index >= 15 is 0 Å². The number of benzene rings is 1. The van der Waals surface area contributed by atoms with Gasteiger partial charge in [0.25, 0.3) is 0 Å². The van der Waals surface area contributed by atoms with Crippen LogP contribution in [0.1, 0.15) is 11.7 Å². The van der Waals surface area contributed by atoms with E-state index in [2.05, 4.69) is 58.1 Å². The summed E-state index contributed by atoms with van der Waals surface area (Å²) in [6, 6.07) is 8.67. The van der Waals surface area contributed by atoms with Crippen molar-refractivity contribution < 1.29 is 9.53 Å². The van der Waals surface area contributed by atoms with Crippen LogP contribution in [0.2, 0.25) is 0 Å². The molecule has 1 atom stereocenters. The number of aromatic nitrogens is 1. The lowest BCUT2D eigenvalue weighted by atomic mass is 10.1. The third-order valence-electron chi connectivity index (χ3n) is 2.68. The zero-order chi connectivity index (χ0) is 15.4. The van der Waals surface area contributed by atoms with Crippen LogP contribution in [-0.4, -0.2) is 18.1 Å². The topological polar surface area (TPSA) is 51.2 Å². The van der Waals surface area contributed by atoms with Crippen molar-refractivity contribution in [2.24, 2.45) is 0 Å². The molecule has 1 aromatic heterocycles. The summed E-state index contributed by atoms with van der Waals surface area (Å²) in [5, 5.41) is 3.13. The first-order valence-electron chi connectivity index (χ1n) is 5.92. The summed E-state index contributed by atoms with van der Waals surface area (Å²) in [6.07, 6.45) is 1.64. The van der Waals surface area contributed by atoms with E-state index in [0.29, 0.717) is 5.69 Å². The molecule has 1 aromatic carbocycles. The average molecular weight is 479 g/mol. The minimum absolute atomic E-state index is 0.412. The van der Waals surface area contributed by atoms with E-state index in [1.54, 1.807) is 6.20 Å². The number of esters is 1. The number of methoxy groups -OCH3 is 1. The van der Waals surface area contributed by atoms with Gasteiger partial charge in [-0.05, 0) is 56.1 Å². The molecule has 110 valence electrons. The summed E-state index contributed by atoms with van der Waals surface area (Å²) in [6.45, 7) is 0. The molecule has 4 nitrogen and oxygen atoms in total. The van der Waals surface area contributed by atoms with Crippen LogP contribution in [0, 0.1) is 0 Å². The number of hydrogen-bond donors (Lipinski definition) is 1. The lowest BCUT2D eigenvalue weighted by molar-refractivity contribution is -0.141. The van der Waals surface area contributed by atoms with Crippen molar-refractivity contribution >= 4 is 59.4 Å². The van der Waals surface area contributed by atoms with Crippen LogP contribution in [0.25, 0.3) is 0 Å². The molecule has 2 aromatic rings. The highest BCUT2D eigenvalue weighted by Crippen LogP contribution is 2.28. The molecule has 1 heterocycles. The number of anilines is 1. The van der Waals surface area contributed by atoms with E-state index in [9.17, 15) is 4.79 Å². The largest absolute Gasteiger partial charge is 0.467 e. The van der Waals surface area contributed by atoms with Crippen LogP contribution in [0.5, 0.6) is 0 Å². The number of halogens is 3. The van der Waals surface area contributed by atoms with Crippen molar-refractivity contribution in [2.75, 3.05) is 12.4 Å². The summed E-state index contributed by atoms with van der Waals surface area (Å²) in [5.74, 6) is -0.412. The van der Waals surface area contributed by atoms with E-state index in [1.807, 2.05) is 30.3 Å². The maximum atomic E-state index is 12.1. The van der Waals surface area contributed by atoms with Crippen LogP contribution in [-0.2, 0) is 9.53 Å². The zero-order valence-corrected chi connectivity index (χ0v) is 15.7. The van der Waals surface area contributed by atoms with Crippen molar-refractivity contribution in [3.8, 4) is 0 Å². The van der Waals surface area contributed by atoms with Gasteiger partial charge in [-0.3, -0.25) is 4.98 Å². The normalized spacial score (nSPS) is 11.8. The highest BCUT2D eigenvalue weighted by molar-refractivity contribution is 9.11. The molecule has 0 radical (unpaired) electrons. The number of ether oxygens (including phenoxy) is 1. The van der Waals surface area contributed by atoms with E-state index in [4.69, 9.17) is 4.74 Å². The fraction of sp³-hybridized carbons (Fsp3) is 0.143. The molecule has 0 fully saturated rings. The molecular weight excluding hydrogens is 468 g/mol. The minimum atomic E-state index is -0.702. The number of nitrogens with one attached hydrogen (secondary N) is 1. The van der Waals surface area contributed by atoms with Gasteiger partial charge in [-0.15, -0.1) is 0 Å². The van der Waals surface area contributed by atoms with Gasteiger partial charge in [0.15, 0.2) is 6.04 Å². The fourth-order valence-corrected chi connectivity index (χ4v) is 3.35. The molecule has 0 aliphatic carbocycles. The van der Waals surface area contributed by atoms with Gasteiger partial charge in [-0.1, -0.05) is 22.0 Å². The lowest BCUT2D eigenvalue weighted by Crippen LogP contribution is -2.23. The van der Waals surface area contributed by atoms with Crippen LogP contribution in [0.4, 0.5) is 5.69 Å². The van der Waals surface area contributed by atoms with Crippen molar-refractivity contribution in [3.05, 3.63) is 55.6 Å². The van der Waals surface area contributed by atoms with Gasteiger partial charge in [0, 0.05) is 25.3 Å². The number of carbonyl (C=O) groups is 1. The smallest absolute Gasteiger partial charge is 0.334 e. The van der Waals surface area contributed by atoms with E-state index in [-0.39, 0.29) is 0 Å². The molecular formula is C14H11Br3N2O2. The Labute approximate surface area is 147 Å². The van der Waals surface area contributed by atoms with E-state index in [0.717, 1.165) is 19.1 Å². The first-order valence-corrected chi connectivity index (χ1v) is 8.30. The molecule has 1 N–H and O–H groups in total. The number of nitrogens with zero attached hydrogens (tertiary/aromatic N) is 1. The average Bonchev–Trinajstić information content (AvgIpc) is 2.45. The van der Waals surface area contributed by atoms with Gasteiger partial charge in [0.05, 0.1) is 12.8 Å². The molecule has 2 rings (SSSR count). The molecule has 21 heavy (non-hydrogen) atoms. The Morgan fingerprint density at radius 1 is 1.24 bits per heavy atom. The number of hydrogen-bond acceptors (Lipinski definition) is 4. The molecule has 0 saturated heterocycles. The fourth-order valence-electron chi connectivity index (χ4n) is 1.74. The lowest BCUT2D eigenvalue weighted by Gasteiger charge is -2.18. The third-order valence-corrected chi connectivity index (χ3v) is 4.24. The molecule has 0 bridgehead atoms. The quantitative estimate of drug-likeness (QED) is 0.647. The summed E-state index contributed by atoms with van der Waals surface area (Å²) >= 11 is 10.2. The SMILES string of the molecule is COC(=O)C(Nc1cccc(Br)c1)c1ncc(Br)cc1Br. The molecule has 0 aliphatic heterocycles. The highest BCUT2D eigenvalue weighted by atomic mass is 79.9. The van der Waals surface area contributed by atoms with Crippen molar-refractivity contribution in [2.45, 2.75) is 6.04 Å². The maximum Gasteiger partial charge on any atom is 0.334 e. The van der Waals surface area contributed by atoms with Crippen LogP contribution >= 0.6 is 47.8 Å². The zero-order valence-electron chi connectivity index (χ0n) is 10.9. The summed E-state index contributed by atoms with van der Waals surface area (Å²) < 4.78 is 7.33. The Bertz CT molecular complexity index is 664. The first kappa shape index (κ1) is 16.5. The van der Waals surface area contributed by atoms with Crippen molar-refractivity contribution in [1.82, 2.24) is 4.98 Å². The number of pyridine rings is 1. The van der Waals surface area contributed by atoms with E-state index in [1.165, 1.54) is 7.11 Å². The van der Waals surface area contributed by atoms with Gasteiger partial charge in [0.1, 0.15) is 0 Å². The molecule has 7 heteroatoms. The molecule has 1 unspecified atom stereocenters. The van der Waals surface area contributed by atoms with Gasteiger partial charge < -0.3 is 10.1 Å². The number of rotatable bonds is 4. The second-order valence-electron chi connectivity index (χ2n) is 4.13. The Hall–Kier alpha value is -0.920. The van der Waals surface area contributed by atoms with Crippen LogP contribution in [0.15, 0.2) is 49.9 Å². The Kier molecular flexibility index (Phi) is 5.78. The molecule has 0 saturated carbocycles. The van der Waals surface area contributed by atoms with Crippen molar-refractivity contribution in [1.29, 1.82) is 0 Å². The maximum absolute atomic E-state index is 12.1. The predicted molar refractivity (Wildman–Crippen MR) is 92.2 cm³/mol. The monoisotopic (exact) mass is 476 g/mol. The van der Waals surface area contributed by atoms with Gasteiger partial charge in [-0.2, -0.15) is 0 Å². The summed E-state index contributed by atoms with van der Waals surface area (Å²) in [7, 11) is 1.35. The van der Waals surface area contributed by atoms with Crippen LogP contribution in [0.3, 0.4) is 0 Å². The predicted octanol–water partition coefficient (Wildman–Crippen LogP) is 4.70. The summed E-state index contributed by atoms with van der Waals surface area (Å²) in [4.78, 5) is 16.4. The second-order valence-corrected chi connectivity index (χ2v) is 6.82. The Balaban J connectivity index is 2.37. The van der Waals surface area contributed by atoms with E-state index < -0.39 is 12.0 Å². The molecule has 0 aliphatic rings. The Morgan fingerprint density at radius 2 is 2.00 bits per heavy atom. The summed E-state index contributed by atoms with van der Waals surface area (Å²) in [5.41, 5.74) is 1.35. The van der Waals surface area contributed by atoms with Gasteiger partial charge in [0.2, 0.25) is 0 Å². The second kappa shape index (κ2) is 7.38. The minimum Gasteiger partial charge on any atom is -0.467 e. The number of carbonyl (C=O) groups excluding carboxylic acids is 1. The third kappa shape index (κ3) is 4.28. The van der Waals surface area contributed by atoms with Crippen molar-refractivity contribution in [3.63, 3.8) is 0 Å². The standard InChI is InChI=1S/C14H11Br3N2O2/c1-21-14(20)13(12-11(17)6-9(16)7-18-12)19-10-4-2-3-8(15)5-10/h2-7,13,19H,1H3. The Morgan fingerprint density at radius 3 is 2.62 bits per heavy atom. The van der Waals surface area contributed by atoms with Gasteiger partial charge in [-0.25, -0.2) is 4.79 Å². The highest BCUT2D eigenvalue weighted by Gasteiger charge is 2.25. The molecule has 0 amide bonds. The molecule has 0 spiro atoms. The first-order chi connectivity index (χ1) is 10.0.